The molecule has 0 bridgehead atoms. The first-order valence-electron chi connectivity index (χ1n) is 21.9. The van der Waals surface area contributed by atoms with E-state index in [0.717, 1.165) is 22.7 Å². The third-order valence-corrected chi connectivity index (χ3v) is 14.6. The van der Waals surface area contributed by atoms with Crippen LogP contribution in [0, 0.1) is 0 Å². The van der Waals surface area contributed by atoms with Gasteiger partial charge in [0.1, 0.15) is 0 Å². The number of rotatable bonds is 6. The summed E-state index contributed by atoms with van der Waals surface area (Å²) in [5, 5.41) is 10.2. The van der Waals surface area contributed by atoms with Crippen molar-refractivity contribution in [2.24, 2.45) is 0 Å². The van der Waals surface area contributed by atoms with E-state index in [1.807, 2.05) is 11.3 Å². The molecule has 4 heterocycles. The summed E-state index contributed by atoms with van der Waals surface area (Å²) in [5.74, 6) is 0. The van der Waals surface area contributed by atoms with Gasteiger partial charge in [-0.05, 0) is 107 Å². The molecule has 0 radical (unpaired) electrons. The SMILES string of the molecule is c1ccc(-n2c3ccccc3c3ccc(-c4ccc(N(c5ccc(-c6ccc7sc8ccccc8c7c6)cc5)c5ccc6c7ccccc7n7c8ccccc8c5c67)cc4)cc32)cc1. The lowest BCUT2D eigenvalue weighted by Crippen LogP contribution is -2.10. The topological polar surface area (TPSA) is 12.6 Å². The molecule has 0 aliphatic rings. The van der Waals surface area contributed by atoms with E-state index in [4.69, 9.17) is 0 Å². The molecule has 0 atom stereocenters. The van der Waals surface area contributed by atoms with Crippen molar-refractivity contribution in [3.63, 3.8) is 0 Å². The lowest BCUT2D eigenvalue weighted by molar-refractivity contribution is 1.18. The molecule has 298 valence electrons. The second-order valence-electron chi connectivity index (χ2n) is 16.9. The van der Waals surface area contributed by atoms with E-state index in [0.29, 0.717) is 0 Å². The fraction of sp³-hybridized carbons (Fsp3) is 0. The maximum absolute atomic E-state index is 2.47. The van der Waals surface area contributed by atoms with Crippen LogP contribution in [0.3, 0.4) is 0 Å². The number of anilines is 3. The first kappa shape index (κ1) is 35.4. The number of benzene rings is 10. The monoisotopic (exact) mass is 831 g/mol. The van der Waals surface area contributed by atoms with E-state index in [2.05, 4.69) is 238 Å². The van der Waals surface area contributed by atoms with Crippen LogP contribution in [0.2, 0.25) is 0 Å². The number of hydrogen-bond donors (Lipinski definition) is 0. The van der Waals surface area contributed by atoms with Crippen LogP contribution in [0.15, 0.2) is 224 Å². The minimum atomic E-state index is 1.10. The summed E-state index contributed by atoms with van der Waals surface area (Å²) in [4.78, 5) is 2.46. The van der Waals surface area contributed by atoms with Crippen LogP contribution in [-0.2, 0) is 0 Å². The molecule has 0 fully saturated rings. The molecule has 0 saturated carbocycles. The molecule has 0 spiro atoms. The maximum atomic E-state index is 2.47. The highest BCUT2D eigenvalue weighted by molar-refractivity contribution is 7.25. The molecular weight excluding hydrogens is 795 g/mol. The minimum absolute atomic E-state index is 1.10. The zero-order valence-corrected chi connectivity index (χ0v) is 35.4. The van der Waals surface area contributed by atoms with Crippen LogP contribution in [0.25, 0.3) is 108 Å². The number of aromatic nitrogens is 2. The summed E-state index contributed by atoms with van der Waals surface area (Å²) in [5.41, 5.74) is 15.4. The van der Waals surface area contributed by atoms with Crippen LogP contribution in [0.4, 0.5) is 17.1 Å². The van der Waals surface area contributed by atoms with Crippen molar-refractivity contribution in [3.05, 3.63) is 224 Å². The Morgan fingerprint density at radius 2 is 0.844 bits per heavy atom. The number of nitrogens with zero attached hydrogens (tertiary/aromatic N) is 3. The molecule has 10 aromatic carbocycles. The molecule has 14 aromatic rings. The fourth-order valence-corrected chi connectivity index (χ4v) is 11.7. The van der Waals surface area contributed by atoms with Gasteiger partial charge in [0.15, 0.2) is 0 Å². The van der Waals surface area contributed by atoms with Crippen LogP contribution < -0.4 is 4.90 Å². The number of hydrogen-bond acceptors (Lipinski definition) is 2. The smallest absolute Gasteiger partial charge is 0.0641 e. The molecular formula is C60H37N3S. The Bertz CT molecular complexity index is 4120. The predicted molar refractivity (Wildman–Crippen MR) is 274 cm³/mol. The molecule has 0 aliphatic heterocycles. The van der Waals surface area contributed by atoms with E-state index >= 15 is 0 Å². The highest BCUT2D eigenvalue weighted by Crippen LogP contribution is 2.48. The van der Waals surface area contributed by atoms with Gasteiger partial charge in [-0.2, -0.15) is 0 Å². The minimum Gasteiger partial charge on any atom is -0.310 e. The molecule has 0 aliphatic carbocycles. The number of thiophene rings is 1. The third-order valence-electron chi connectivity index (χ3n) is 13.5. The number of fused-ring (bicyclic) bond motifs is 12. The Kier molecular flexibility index (Phi) is 7.56. The quantitative estimate of drug-likeness (QED) is 0.163. The van der Waals surface area contributed by atoms with Crippen molar-refractivity contribution in [1.82, 2.24) is 8.97 Å². The van der Waals surface area contributed by atoms with Crippen molar-refractivity contribution in [1.29, 1.82) is 0 Å². The van der Waals surface area contributed by atoms with Crippen molar-refractivity contribution in [3.8, 4) is 27.9 Å². The maximum Gasteiger partial charge on any atom is 0.0641 e. The van der Waals surface area contributed by atoms with E-state index in [-0.39, 0.29) is 0 Å². The van der Waals surface area contributed by atoms with Gasteiger partial charge in [-0.25, -0.2) is 0 Å². The normalized spacial score (nSPS) is 12.1. The molecule has 14 rings (SSSR count). The summed E-state index contributed by atoms with van der Waals surface area (Å²) >= 11 is 1.86. The fourth-order valence-electron chi connectivity index (χ4n) is 10.6. The van der Waals surface area contributed by atoms with Gasteiger partial charge in [-0.1, -0.05) is 140 Å². The summed E-state index contributed by atoms with van der Waals surface area (Å²) in [6.45, 7) is 0. The van der Waals surface area contributed by atoms with Crippen LogP contribution in [0.5, 0.6) is 0 Å². The molecule has 0 amide bonds. The predicted octanol–water partition coefficient (Wildman–Crippen LogP) is 17.1. The van der Waals surface area contributed by atoms with Gasteiger partial charge < -0.3 is 13.9 Å². The van der Waals surface area contributed by atoms with E-state index < -0.39 is 0 Å². The molecule has 0 saturated heterocycles. The van der Waals surface area contributed by atoms with Gasteiger partial charge in [0, 0.05) is 69.6 Å². The van der Waals surface area contributed by atoms with E-state index in [1.54, 1.807) is 0 Å². The van der Waals surface area contributed by atoms with Gasteiger partial charge >= 0.3 is 0 Å². The van der Waals surface area contributed by atoms with Crippen molar-refractivity contribution in [2.75, 3.05) is 4.90 Å². The summed E-state index contributed by atoms with van der Waals surface area (Å²) < 4.78 is 7.51. The molecule has 0 unspecified atom stereocenters. The summed E-state index contributed by atoms with van der Waals surface area (Å²) in [6.07, 6.45) is 0. The standard InChI is InChI=1S/C60H37N3S/c1-2-12-42(13-3-1)62-52-18-8-4-14-45(52)47-32-26-41(37-56(47)62)39-24-30-44(31-25-39)61(43-28-22-38(23-29-43)40-27-35-58-51(36-40)48-16-7-11-21-57(48)64-58)55-34-33-49-46-15-5-9-19-53(46)63-54-20-10-6-17-50(54)59(55)60(49)63/h1-37H. The highest BCUT2D eigenvalue weighted by Gasteiger charge is 2.24. The Morgan fingerprint density at radius 3 is 1.58 bits per heavy atom. The Hall–Kier alpha value is -8.18. The van der Waals surface area contributed by atoms with E-state index in [9.17, 15) is 0 Å². The lowest BCUT2D eigenvalue weighted by Gasteiger charge is -2.27. The van der Waals surface area contributed by atoms with Gasteiger partial charge in [-0.15, -0.1) is 11.3 Å². The Balaban J connectivity index is 0.939. The second-order valence-corrected chi connectivity index (χ2v) is 18.0. The Labute approximate surface area is 372 Å². The first-order valence-corrected chi connectivity index (χ1v) is 22.7. The zero-order valence-electron chi connectivity index (χ0n) is 34.6. The van der Waals surface area contributed by atoms with Gasteiger partial charge in [0.2, 0.25) is 0 Å². The first-order chi connectivity index (χ1) is 31.7. The largest absolute Gasteiger partial charge is 0.310 e. The van der Waals surface area contributed by atoms with Gasteiger partial charge in [0.25, 0.3) is 0 Å². The van der Waals surface area contributed by atoms with Crippen molar-refractivity contribution < 1.29 is 0 Å². The zero-order chi connectivity index (χ0) is 41.9. The average molecular weight is 832 g/mol. The molecule has 4 aromatic heterocycles. The number of para-hydroxylation sites is 4. The molecule has 0 N–H and O–H groups in total. The Morgan fingerprint density at radius 1 is 0.328 bits per heavy atom. The summed E-state index contributed by atoms with van der Waals surface area (Å²) in [6, 6.07) is 82.7. The van der Waals surface area contributed by atoms with Gasteiger partial charge in [0.05, 0.1) is 33.3 Å². The summed E-state index contributed by atoms with van der Waals surface area (Å²) in [7, 11) is 0. The lowest BCUT2D eigenvalue weighted by atomic mass is 10.0. The van der Waals surface area contributed by atoms with Crippen LogP contribution in [0.1, 0.15) is 0 Å². The average Bonchev–Trinajstić information content (AvgIpc) is 4.11. The van der Waals surface area contributed by atoms with E-state index in [1.165, 1.54) is 102 Å². The van der Waals surface area contributed by atoms with Crippen molar-refractivity contribution in [2.45, 2.75) is 0 Å². The third kappa shape index (κ3) is 5.15. The molecule has 4 heteroatoms. The van der Waals surface area contributed by atoms with Crippen LogP contribution in [-0.4, -0.2) is 8.97 Å². The highest BCUT2D eigenvalue weighted by atomic mass is 32.1. The second kappa shape index (κ2) is 13.7. The van der Waals surface area contributed by atoms with Crippen LogP contribution >= 0.6 is 11.3 Å². The molecule has 3 nitrogen and oxygen atoms in total. The molecule has 64 heavy (non-hydrogen) atoms. The van der Waals surface area contributed by atoms with Crippen molar-refractivity contribution >= 4 is 108 Å². The van der Waals surface area contributed by atoms with Gasteiger partial charge in [-0.3, -0.25) is 0 Å².